The van der Waals surface area contributed by atoms with Gasteiger partial charge < -0.3 is 14.4 Å². The Balaban J connectivity index is 1.39. The molecule has 6 heteroatoms. The molecule has 24 heavy (non-hydrogen) atoms. The van der Waals surface area contributed by atoms with Gasteiger partial charge in [-0.15, -0.1) is 0 Å². The van der Waals surface area contributed by atoms with Gasteiger partial charge in [0.25, 0.3) is 0 Å². The lowest BCUT2D eigenvalue weighted by molar-refractivity contribution is -0.137. The van der Waals surface area contributed by atoms with Crippen LogP contribution >= 0.6 is 0 Å². The third-order valence-corrected chi connectivity index (χ3v) is 5.70. The molecule has 0 radical (unpaired) electrons. The van der Waals surface area contributed by atoms with E-state index >= 15 is 0 Å². The van der Waals surface area contributed by atoms with Crippen molar-refractivity contribution in [2.45, 2.75) is 45.1 Å². The molecule has 1 aromatic rings. The lowest BCUT2D eigenvalue weighted by Gasteiger charge is -2.35. The monoisotopic (exact) mass is 330 g/mol. The maximum Gasteiger partial charge on any atom is 0.228 e. The number of imidazole rings is 1. The standard InChI is InChI=1S/C18H26N4O2/c1-13-19-6-8-22(13)16-3-2-7-20(12-16)18(24)15-9-17(23)21(11-15)10-14-4-5-14/h6,8,14-16H,2-5,7,9-12H2,1H3/t15-,16+/m0/s1. The van der Waals surface area contributed by atoms with E-state index in [1.54, 1.807) is 0 Å². The van der Waals surface area contributed by atoms with Crippen LogP contribution in [0.1, 0.15) is 44.0 Å². The number of amides is 2. The van der Waals surface area contributed by atoms with Crippen LogP contribution in [0, 0.1) is 18.8 Å². The maximum absolute atomic E-state index is 12.9. The van der Waals surface area contributed by atoms with Crippen LogP contribution in [0.15, 0.2) is 12.4 Å². The second-order valence-electron chi connectivity index (χ2n) is 7.61. The van der Waals surface area contributed by atoms with E-state index in [1.807, 2.05) is 29.1 Å². The minimum Gasteiger partial charge on any atom is -0.342 e. The van der Waals surface area contributed by atoms with Crippen molar-refractivity contribution in [2.75, 3.05) is 26.2 Å². The van der Waals surface area contributed by atoms with E-state index in [4.69, 9.17) is 0 Å². The topological polar surface area (TPSA) is 58.4 Å². The van der Waals surface area contributed by atoms with Crippen molar-refractivity contribution in [3.63, 3.8) is 0 Å². The molecule has 2 aliphatic heterocycles. The van der Waals surface area contributed by atoms with E-state index in [9.17, 15) is 9.59 Å². The molecule has 3 heterocycles. The second-order valence-corrected chi connectivity index (χ2v) is 7.61. The summed E-state index contributed by atoms with van der Waals surface area (Å²) in [5.41, 5.74) is 0. The molecule has 0 aromatic carbocycles. The van der Waals surface area contributed by atoms with Crippen LogP contribution in [0.4, 0.5) is 0 Å². The fourth-order valence-corrected chi connectivity index (χ4v) is 4.14. The summed E-state index contributed by atoms with van der Waals surface area (Å²) in [6.45, 7) is 5.05. The predicted molar refractivity (Wildman–Crippen MR) is 89.2 cm³/mol. The van der Waals surface area contributed by atoms with E-state index in [2.05, 4.69) is 9.55 Å². The van der Waals surface area contributed by atoms with Crippen molar-refractivity contribution in [1.82, 2.24) is 19.4 Å². The molecule has 6 nitrogen and oxygen atoms in total. The van der Waals surface area contributed by atoms with Crippen molar-refractivity contribution in [1.29, 1.82) is 0 Å². The summed E-state index contributed by atoms with van der Waals surface area (Å²) in [6, 6.07) is 0.310. The molecular weight excluding hydrogens is 304 g/mol. The molecule has 2 amide bonds. The van der Waals surface area contributed by atoms with Crippen molar-refractivity contribution in [3.05, 3.63) is 18.2 Å². The number of aryl methyl sites for hydroxylation is 1. The molecule has 3 fully saturated rings. The quantitative estimate of drug-likeness (QED) is 0.843. The summed E-state index contributed by atoms with van der Waals surface area (Å²) >= 11 is 0. The van der Waals surface area contributed by atoms with Crippen LogP contribution in [0.2, 0.25) is 0 Å². The van der Waals surface area contributed by atoms with Gasteiger partial charge in [0.2, 0.25) is 11.8 Å². The zero-order chi connectivity index (χ0) is 16.7. The van der Waals surface area contributed by atoms with E-state index in [-0.39, 0.29) is 17.7 Å². The first-order chi connectivity index (χ1) is 11.6. The molecule has 1 aliphatic carbocycles. The van der Waals surface area contributed by atoms with E-state index in [0.717, 1.165) is 38.3 Å². The van der Waals surface area contributed by atoms with Gasteiger partial charge in [0.1, 0.15) is 5.82 Å². The van der Waals surface area contributed by atoms with Crippen LogP contribution in [-0.4, -0.2) is 57.3 Å². The van der Waals surface area contributed by atoms with Gasteiger partial charge in [-0.1, -0.05) is 0 Å². The second kappa shape index (κ2) is 6.22. The molecular formula is C18H26N4O2. The van der Waals surface area contributed by atoms with E-state index in [0.29, 0.717) is 24.9 Å². The lowest BCUT2D eigenvalue weighted by atomic mass is 10.0. The zero-order valence-electron chi connectivity index (χ0n) is 14.4. The van der Waals surface area contributed by atoms with Crippen molar-refractivity contribution < 1.29 is 9.59 Å². The zero-order valence-corrected chi connectivity index (χ0v) is 14.4. The number of piperidine rings is 1. The number of hydrogen-bond donors (Lipinski definition) is 0. The van der Waals surface area contributed by atoms with Gasteiger partial charge in [-0.3, -0.25) is 9.59 Å². The highest BCUT2D eigenvalue weighted by Gasteiger charge is 2.39. The van der Waals surface area contributed by atoms with E-state index < -0.39 is 0 Å². The molecule has 0 unspecified atom stereocenters. The SMILES string of the molecule is Cc1nccn1[C@@H]1CCCN(C(=O)[C@H]2CC(=O)N(CC3CC3)C2)C1. The molecule has 0 bridgehead atoms. The van der Waals surface area contributed by atoms with E-state index in [1.165, 1.54) is 12.8 Å². The summed E-state index contributed by atoms with van der Waals surface area (Å²) in [5, 5.41) is 0. The fraction of sp³-hybridized carbons (Fsp3) is 0.722. The molecule has 0 N–H and O–H groups in total. The van der Waals surface area contributed by atoms with Gasteiger partial charge in [0.15, 0.2) is 0 Å². The molecule has 4 rings (SSSR count). The first-order valence-electron chi connectivity index (χ1n) is 9.18. The Hall–Kier alpha value is -1.85. The smallest absolute Gasteiger partial charge is 0.228 e. The highest BCUT2D eigenvalue weighted by molar-refractivity contribution is 5.89. The van der Waals surface area contributed by atoms with Crippen LogP contribution in [-0.2, 0) is 9.59 Å². The molecule has 3 aliphatic rings. The fourth-order valence-electron chi connectivity index (χ4n) is 4.14. The van der Waals surface area contributed by atoms with Crippen molar-refractivity contribution in [2.24, 2.45) is 11.8 Å². The molecule has 2 saturated heterocycles. The third kappa shape index (κ3) is 3.06. The summed E-state index contributed by atoms with van der Waals surface area (Å²) in [4.78, 5) is 33.3. The highest BCUT2D eigenvalue weighted by Crippen LogP contribution is 2.33. The first-order valence-corrected chi connectivity index (χ1v) is 9.18. The highest BCUT2D eigenvalue weighted by atomic mass is 16.2. The number of aromatic nitrogens is 2. The largest absolute Gasteiger partial charge is 0.342 e. The summed E-state index contributed by atoms with van der Waals surface area (Å²) in [6.07, 6.45) is 8.79. The van der Waals surface area contributed by atoms with Gasteiger partial charge >= 0.3 is 0 Å². The minimum atomic E-state index is -0.140. The number of hydrogen-bond acceptors (Lipinski definition) is 3. The molecule has 1 saturated carbocycles. The molecule has 2 atom stereocenters. The Bertz CT molecular complexity index is 637. The van der Waals surface area contributed by atoms with Gasteiger partial charge in [-0.2, -0.15) is 0 Å². The summed E-state index contributed by atoms with van der Waals surface area (Å²) < 4.78 is 2.18. The van der Waals surface area contributed by atoms with Crippen LogP contribution in [0.5, 0.6) is 0 Å². The van der Waals surface area contributed by atoms with Gasteiger partial charge in [-0.25, -0.2) is 4.98 Å². The normalized spacial score (nSPS) is 27.8. The van der Waals surface area contributed by atoms with Gasteiger partial charge in [0.05, 0.1) is 12.0 Å². The van der Waals surface area contributed by atoms with Crippen molar-refractivity contribution >= 4 is 11.8 Å². The van der Waals surface area contributed by atoms with Crippen molar-refractivity contribution in [3.8, 4) is 0 Å². The number of carbonyl (C=O) groups excluding carboxylic acids is 2. The first kappa shape index (κ1) is 15.7. The third-order valence-electron chi connectivity index (χ3n) is 5.70. The van der Waals surface area contributed by atoms with Crippen LogP contribution in [0.3, 0.4) is 0 Å². The average molecular weight is 330 g/mol. The Morgan fingerprint density at radius 3 is 2.83 bits per heavy atom. The summed E-state index contributed by atoms with van der Waals surface area (Å²) in [5.74, 6) is 1.88. The number of nitrogens with zero attached hydrogens (tertiary/aromatic N) is 4. The number of rotatable bonds is 4. The summed E-state index contributed by atoms with van der Waals surface area (Å²) in [7, 11) is 0. The Kier molecular flexibility index (Phi) is 4.06. The Morgan fingerprint density at radius 2 is 2.12 bits per heavy atom. The lowest BCUT2D eigenvalue weighted by Crippen LogP contribution is -2.44. The van der Waals surface area contributed by atoms with Crippen LogP contribution in [0.25, 0.3) is 0 Å². The van der Waals surface area contributed by atoms with Gasteiger partial charge in [-0.05, 0) is 38.5 Å². The maximum atomic E-state index is 12.9. The molecule has 130 valence electrons. The number of carbonyl (C=O) groups is 2. The number of likely N-dealkylation sites (tertiary alicyclic amines) is 2. The molecule has 0 spiro atoms. The Morgan fingerprint density at radius 1 is 1.29 bits per heavy atom. The predicted octanol–water partition coefficient (Wildman–Crippen LogP) is 1.61. The Labute approximate surface area is 142 Å². The minimum absolute atomic E-state index is 0.140. The van der Waals surface area contributed by atoms with Gasteiger partial charge in [0, 0.05) is 45.0 Å². The van der Waals surface area contributed by atoms with Crippen LogP contribution < -0.4 is 0 Å². The average Bonchev–Trinajstić information content (AvgIpc) is 3.18. The molecule has 1 aromatic heterocycles.